The number of allylic oxidation sites excluding steroid dienone is 1. The molecule has 0 aromatic rings. The van der Waals surface area contributed by atoms with Crippen LogP contribution in [0.15, 0.2) is 12.2 Å². The smallest absolute Gasteiger partial charge is 0.0720 e. The van der Waals surface area contributed by atoms with Crippen LogP contribution in [0.4, 0.5) is 0 Å². The van der Waals surface area contributed by atoms with Crippen LogP contribution in [0, 0.1) is 0 Å². The van der Waals surface area contributed by atoms with Crippen molar-refractivity contribution in [1.29, 1.82) is 0 Å². The average Bonchev–Trinajstić information content (AvgIpc) is 1.68. The molecule has 0 radical (unpaired) electrons. The van der Waals surface area contributed by atoms with Crippen LogP contribution in [0.3, 0.4) is 0 Å². The van der Waals surface area contributed by atoms with E-state index in [-0.39, 0.29) is 6.10 Å². The van der Waals surface area contributed by atoms with Crippen molar-refractivity contribution < 1.29 is 5.11 Å². The van der Waals surface area contributed by atoms with E-state index in [1.807, 2.05) is 19.1 Å². The van der Waals surface area contributed by atoms with Crippen LogP contribution in [0.5, 0.6) is 0 Å². The van der Waals surface area contributed by atoms with E-state index in [0.717, 1.165) is 12.8 Å². The maximum absolute atomic E-state index is 8.96. The first-order chi connectivity index (χ1) is 3.81. The van der Waals surface area contributed by atoms with Crippen molar-refractivity contribution in [3.63, 3.8) is 0 Å². The second kappa shape index (κ2) is 4.85. The van der Waals surface area contributed by atoms with Crippen molar-refractivity contribution in [1.82, 2.24) is 0 Å². The summed E-state index contributed by atoms with van der Waals surface area (Å²) in [6.45, 7) is 3.98. The lowest BCUT2D eigenvalue weighted by atomic mass is 10.2. The zero-order chi connectivity index (χ0) is 6.41. The number of hydrogen-bond acceptors (Lipinski definition) is 1. The fourth-order valence-corrected chi connectivity index (χ4v) is 0.614. The Labute approximate surface area is 51.0 Å². The summed E-state index contributed by atoms with van der Waals surface area (Å²) in [5, 5.41) is 8.96. The molecule has 0 aliphatic rings. The largest absolute Gasteiger partial charge is 0.389 e. The lowest BCUT2D eigenvalue weighted by Crippen LogP contribution is -1.99. The van der Waals surface area contributed by atoms with Crippen LogP contribution in [0.1, 0.15) is 26.7 Å². The molecule has 0 heterocycles. The summed E-state index contributed by atoms with van der Waals surface area (Å²) in [5.41, 5.74) is 0. The van der Waals surface area contributed by atoms with E-state index in [1.54, 1.807) is 0 Å². The first-order valence-corrected chi connectivity index (χ1v) is 3.12. The Hall–Kier alpha value is -0.300. The number of aliphatic hydroxyl groups excluding tert-OH is 1. The van der Waals surface area contributed by atoms with Crippen LogP contribution in [-0.2, 0) is 0 Å². The molecule has 0 saturated heterocycles. The van der Waals surface area contributed by atoms with Gasteiger partial charge in [-0.15, -0.1) is 0 Å². The third-order valence-corrected chi connectivity index (χ3v) is 0.999. The Morgan fingerprint density at radius 3 is 2.62 bits per heavy atom. The minimum atomic E-state index is -0.218. The van der Waals surface area contributed by atoms with Gasteiger partial charge in [-0.25, -0.2) is 0 Å². The number of aliphatic hydroxyl groups is 1. The first-order valence-electron chi connectivity index (χ1n) is 3.12. The predicted molar refractivity (Wildman–Crippen MR) is 35.7 cm³/mol. The Morgan fingerprint density at radius 1 is 1.62 bits per heavy atom. The quantitative estimate of drug-likeness (QED) is 0.554. The monoisotopic (exact) mass is 114 g/mol. The highest BCUT2D eigenvalue weighted by molar-refractivity contribution is 4.84. The summed E-state index contributed by atoms with van der Waals surface area (Å²) < 4.78 is 0. The minimum absolute atomic E-state index is 0.218. The molecule has 1 heteroatoms. The standard InChI is InChI=1S/C7H14O/c1-3-5-7(8)6-4-2/h3,5,7-8H,4,6H2,1-2H3/b5-3+. The average molecular weight is 114 g/mol. The van der Waals surface area contributed by atoms with Gasteiger partial charge in [0.25, 0.3) is 0 Å². The van der Waals surface area contributed by atoms with Gasteiger partial charge in [0.15, 0.2) is 0 Å². The van der Waals surface area contributed by atoms with Crippen molar-refractivity contribution in [2.45, 2.75) is 32.8 Å². The topological polar surface area (TPSA) is 20.2 Å². The van der Waals surface area contributed by atoms with E-state index in [9.17, 15) is 0 Å². The summed E-state index contributed by atoms with van der Waals surface area (Å²) in [4.78, 5) is 0. The second-order valence-corrected chi connectivity index (χ2v) is 1.88. The second-order valence-electron chi connectivity index (χ2n) is 1.88. The van der Waals surface area contributed by atoms with E-state index in [2.05, 4.69) is 6.92 Å². The van der Waals surface area contributed by atoms with Gasteiger partial charge in [0.05, 0.1) is 6.10 Å². The molecule has 0 spiro atoms. The third-order valence-electron chi connectivity index (χ3n) is 0.999. The van der Waals surface area contributed by atoms with Crippen molar-refractivity contribution in [2.24, 2.45) is 0 Å². The summed E-state index contributed by atoms with van der Waals surface area (Å²) in [7, 11) is 0. The van der Waals surface area contributed by atoms with Crippen LogP contribution in [0.25, 0.3) is 0 Å². The summed E-state index contributed by atoms with van der Waals surface area (Å²) in [6, 6.07) is 0. The predicted octanol–water partition coefficient (Wildman–Crippen LogP) is 1.72. The zero-order valence-electron chi connectivity index (χ0n) is 5.59. The van der Waals surface area contributed by atoms with Crippen molar-refractivity contribution in [3.8, 4) is 0 Å². The minimum Gasteiger partial charge on any atom is -0.389 e. The fraction of sp³-hybridized carbons (Fsp3) is 0.714. The summed E-state index contributed by atoms with van der Waals surface area (Å²) in [5.74, 6) is 0. The molecule has 0 bridgehead atoms. The molecule has 0 amide bonds. The van der Waals surface area contributed by atoms with Gasteiger partial charge < -0.3 is 5.11 Å². The third kappa shape index (κ3) is 3.88. The van der Waals surface area contributed by atoms with Crippen molar-refractivity contribution >= 4 is 0 Å². The van der Waals surface area contributed by atoms with E-state index in [4.69, 9.17) is 5.11 Å². The maximum Gasteiger partial charge on any atom is 0.0720 e. The molecule has 1 nitrogen and oxygen atoms in total. The molecule has 1 N–H and O–H groups in total. The lowest BCUT2D eigenvalue weighted by molar-refractivity contribution is 0.211. The molecular weight excluding hydrogens is 100 g/mol. The van der Waals surface area contributed by atoms with Gasteiger partial charge in [-0.3, -0.25) is 0 Å². The molecule has 0 aliphatic carbocycles. The highest BCUT2D eigenvalue weighted by atomic mass is 16.3. The molecule has 0 aromatic heterocycles. The van der Waals surface area contributed by atoms with Crippen LogP contribution in [-0.4, -0.2) is 11.2 Å². The Morgan fingerprint density at radius 2 is 2.25 bits per heavy atom. The fourth-order valence-electron chi connectivity index (χ4n) is 0.614. The van der Waals surface area contributed by atoms with Crippen molar-refractivity contribution in [2.75, 3.05) is 0 Å². The van der Waals surface area contributed by atoms with E-state index in [0.29, 0.717) is 0 Å². The van der Waals surface area contributed by atoms with Gasteiger partial charge in [-0.1, -0.05) is 25.5 Å². The molecule has 0 aromatic carbocycles. The van der Waals surface area contributed by atoms with Gasteiger partial charge >= 0.3 is 0 Å². The van der Waals surface area contributed by atoms with Crippen LogP contribution < -0.4 is 0 Å². The van der Waals surface area contributed by atoms with Gasteiger partial charge in [0.2, 0.25) is 0 Å². The van der Waals surface area contributed by atoms with Gasteiger partial charge in [-0.05, 0) is 13.3 Å². The molecule has 0 fully saturated rings. The van der Waals surface area contributed by atoms with Crippen molar-refractivity contribution in [3.05, 3.63) is 12.2 Å². The molecule has 0 saturated carbocycles. The van der Waals surface area contributed by atoms with Gasteiger partial charge in [0, 0.05) is 0 Å². The molecular formula is C7H14O. The first kappa shape index (κ1) is 7.70. The van der Waals surface area contributed by atoms with E-state index in [1.165, 1.54) is 0 Å². The van der Waals surface area contributed by atoms with Crippen LogP contribution in [0.2, 0.25) is 0 Å². The molecule has 1 atom stereocenters. The molecule has 0 rings (SSSR count). The van der Waals surface area contributed by atoms with Crippen LogP contribution >= 0.6 is 0 Å². The van der Waals surface area contributed by atoms with E-state index >= 15 is 0 Å². The Balaban J connectivity index is 3.17. The number of rotatable bonds is 3. The lowest BCUT2D eigenvalue weighted by Gasteiger charge is -1.99. The highest BCUT2D eigenvalue weighted by Gasteiger charge is 1.92. The maximum atomic E-state index is 8.96. The Bertz CT molecular complexity index is 66.8. The molecule has 8 heavy (non-hydrogen) atoms. The van der Waals surface area contributed by atoms with Gasteiger partial charge in [0.1, 0.15) is 0 Å². The summed E-state index contributed by atoms with van der Waals surface area (Å²) in [6.07, 6.45) is 5.39. The highest BCUT2D eigenvalue weighted by Crippen LogP contribution is 1.95. The normalized spacial score (nSPS) is 14.9. The SMILES string of the molecule is C/C=C/C(O)CCC. The Kier molecular flexibility index (Phi) is 4.67. The summed E-state index contributed by atoms with van der Waals surface area (Å²) >= 11 is 0. The zero-order valence-corrected chi connectivity index (χ0v) is 5.59. The van der Waals surface area contributed by atoms with E-state index < -0.39 is 0 Å². The molecule has 1 unspecified atom stereocenters. The molecule has 48 valence electrons. The molecule has 0 aliphatic heterocycles. The van der Waals surface area contributed by atoms with Gasteiger partial charge in [-0.2, -0.15) is 0 Å². The number of hydrogen-bond donors (Lipinski definition) is 1.